The van der Waals surface area contributed by atoms with Gasteiger partial charge in [0.1, 0.15) is 0 Å². The van der Waals surface area contributed by atoms with Crippen LogP contribution in [0, 0.1) is 0 Å². The molecule has 0 saturated heterocycles. The maximum atomic E-state index is 11.6. The quantitative estimate of drug-likeness (QED) is 0.768. The van der Waals surface area contributed by atoms with Gasteiger partial charge in [0, 0.05) is 18.8 Å². The van der Waals surface area contributed by atoms with Crippen LogP contribution in [0.15, 0.2) is 18.3 Å². The lowest BCUT2D eigenvalue weighted by Gasteiger charge is -2.06. The molecular weight excluding hydrogens is 208 g/mol. The van der Waals surface area contributed by atoms with Crippen LogP contribution >= 0.6 is 0 Å². The number of nitrogens with one attached hydrogen (secondary N) is 1. The van der Waals surface area contributed by atoms with E-state index in [-0.39, 0.29) is 5.91 Å². The molecule has 0 aliphatic carbocycles. The molecule has 1 aromatic rings. The molecular formula is C11H16N2O3. The van der Waals surface area contributed by atoms with Crippen LogP contribution in [0.5, 0.6) is 5.88 Å². The van der Waals surface area contributed by atoms with Crippen molar-refractivity contribution < 1.29 is 14.6 Å². The molecule has 0 fully saturated rings. The molecule has 0 aromatic carbocycles. The topological polar surface area (TPSA) is 71.5 Å². The van der Waals surface area contributed by atoms with Gasteiger partial charge in [-0.25, -0.2) is 4.98 Å². The Morgan fingerprint density at radius 2 is 2.38 bits per heavy atom. The summed E-state index contributed by atoms with van der Waals surface area (Å²) in [5.74, 6) is 0.274. The lowest BCUT2D eigenvalue weighted by atomic mass is 10.2. The summed E-state index contributed by atoms with van der Waals surface area (Å²) in [5.41, 5.74) is 0.478. The van der Waals surface area contributed by atoms with Crippen LogP contribution in [-0.2, 0) is 0 Å². The van der Waals surface area contributed by atoms with Crippen molar-refractivity contribution in [1.29, 1.82) is 0 Å². The number of aromatic nitrogens is 1. The minimum absolute atomic E-state index is 0.198. The van der Waals surface area contributed by atoms with Crippen molar-refractivity contribution in [1.82, 2.24) is 10.3 Å². The molecule has 88 valence electrons. The molecule has 0 spiro atoms. The zero-order chi connectivity index (χ0) is 12.0. The molecule has 1 aromatic heterocycles. The number of amides is 1. The van der Waals surface area contributed by atoms with Crippen molar-refractivity contribution >= 4 is 5.91 Å². The van der Waals surface area contributed by atoms with Gasteiger partial charge in [-0.2, -0.15) is 0 Å². The van der Waals surface area contributed by atoms with Crippen LogP contribution in [0.2, 0.25) is 0 Å². The minimum Gasteiger partial charge on any atom is -0.481 e. The Morgan fingerprint density at radius 3 is 2.88 bits per heavy atom. The molecule has 0 aliphatic rings. The normalized spacial score (nSPS) is 11.9. The molecule has 5 nitrogen and oxygen atoms in total. The molecule has 2 N–H and O–H groups in total. The van der Waals surface area contributed by atoms with Gasteiger partial charge in [-0.1, -0.05) is 0 Å². The van der Waals surface area contributed by atoms with Gasteiger partial charge >= 0.3 is 0 Å². The molecule has 1 amide bonds. The van der Waals surface area contributed by atoms with E-state index in [9.17, 15) is 4.79 Å². The highest BCUT2D eigenvalue weighted by Crippen LogP contribution is 2.06. The third-order valence-electron chi connectivity index (χ3n) is 2.06. The molecule has 1 heterocycles. The zero-order valence-corrected chi connectivity index (χ0v) is 9.43. The van der Waals surface area contributed by atoms with E-state index in [2.05, 4.69) is 10.3 Å². The Morgan fingerprint density at radius 1 is 1.62 bits per heavy atom. The predicted molar refractivity (Wildman–Crippen MR) is 59.4 cm³/mol. The molecule has 0 aliphatic heterocycles. The van der Waals surface area contributed by atoms with Crippen LogP contribution in [-0.4, -0.2) is 35.8 Å². The fourth-order valence-electron chi connectivity index (χ4n) is 1.13. The number of pyridine rings is 1. The highest BCUT2D eigenvalue weighted by Gasteiger charge is 2.06. The van der Waals surface area contributed by atoms with Crippen molar-refractivity contribution in [2.24, 2.45) is 0 Å². The number of methoxy groups -OCH3 is 1. The molecule has 1 unspecified atom stereocenters. The summed E-state index contributed by atoms with van der Waals surface area (Å²) in [5, 5.41) is 11.7. The molecule has 0 bridgehead atoms. The number of carbonyl (C=O) groups excluding carboxylic acids is 1. The summed E-state index contributed by atoms with van der Waals surface area (Å²) < 4.78 is 4.89. The summed E-state index contributed by atoms with van der Waals surface area (Å²) in [4.78, 5) is 15.5. The van der Waals surface area contributed by atoms with Crippen LogP contribution in [0.1, 0.15) is 23.7 Å². The van der Waals surface area contributed by atoms with Crippen LogP contribution in [0.4, 0.5) is 0 Å². The van der Waals surface area contributed by atoms with Gasteiger partial charge in [0.05, 0.1) is 18.8 Å². The van der Waals surface area contributed by atoms with E-state index in [1.165, 1.54) is 13.3 Å². The molecule has 1 rings (SSSR count). The third-order valence-corrected chi connectivity index (χ3v) is 2.06. The van der Waals surface area contributed by atoms with E-state index in [4.69, 9.17) is 9.84 Å². The fourth-order valence-corrected chi connectivity index (χ4v) is 1.13. The first-order valence-corrected chi connectivity index (χ1v) is 5.10. The molecule has 16 heavy (non-hydrogen) atoms. The summed E-state index contributed by atoms with van der Waals surface area (Å²) in [7, 11) is 1.52. The SMILES string of the molecule is COc1ccc(C(=O)NCCC(C)O)cn1. The number of hydrogen-bond acceptors (Lipinski definition) is 4. The Bertz CT molecular complexity index is 336. The smallest absolute Gasteiger partial charge is 0.252 e. The highest BCUT2D eigenvalue weighted by atomic mass is 16.5. The first-order chi connectivity index (χ1) is 7.63. The van der Waals surface area contributed by atoms with Crippen molar-refractivity contribution in [2.75, 3.05) is 13.7 Å². The number of nitrogens with zero attached hydrogens (tertiary/aromatic N) is 1. The first kappa shape index (κ1) is 12.4. The Balaban J connectivity index is 2.46. The molecule has 5 heteroatoms. The Labute approximate surface area is 94.5 Å². The van der Waals surface area contributed by atoms with E-state index >= 15 is 0 Å². The number of aliphatic hydroxyl groups excluding tert-OH is 1. The first-order valence-electron chi connectivity index (χ1n) is 5.10. The number of ether oxygens (including phenoxy) is 1. The Kier molecular flexibility index (Phi) is 4.72. The Hall–Kier alpha value is -1.62. The van der Waals surface area contributed by atoms with Gasteiger partial charge in [-0.15, -0.1) is 0 Å². The fraction of sp³-hybridized carbons (Fsp3) is 0.455. The summed E-state index contributed by atoms with van der Waals surface area (Å²) in [6.07, 6.45) is 1.58. The van der Waals surface area contributed by atoms with E-state index in [0.29, 0.717) is 24.4 Å². The van der Waals surface area contributed by atoms with E-state index in [1.54, 1.807) is 19.1 Å². The average molecular weight is 224 g/mol. The van der Waals surface area contributed by atoms with Crippen molar-refractivity contribution in [3.8, 4) is 5.88 Å². The summed E-state index contributed by atoms with van der Waals surface area (Å²) >= 11 is 0. The summed E-state index contributed by atoms with van der Waals surface area (Å²) in [6.45, 7) is 2.13. The number of carbonyl (C=O) groups is 1. The predicted octanol–water partition coefficient (Wildman–Crippen LogP) is 0.591. The molecule has 0 radical (unpaired) electrons. The summed E-state index contributed by atoms with van der Waals surface area (Å²) in [6, 6.07) is 3.27. The number of hydrogen-bond donors (Lipinski definition) is 2. The number of rotatable bonds is 5. The highest BCUT2D eigenvalue weighted by molar-refractivity contribution is 5.93. The van der Waals surface area contributed by atoms with E-state index < -0.39 is 6.10 Å². The third kappa shape index (κ3) is 3.86. The minimum atomic E-state index is -0.408. The monoisotopic (exact) mass is 224 g/mol. The van der Waals surface area contributed by atoms with Crippen molar-refractivity contribution in [3.63, 3.8) is 0 Å². The van der Waals surface area contributed by atoms with Gasteiger partial charge < -0.3 is 15.2 Å². The molecule has 0 saturated carbocycles. The standard InChI is InChI=1S/C11H16N2O3/c1-8(14)5-6-12-11(15)9-3-4-10(16-2)13-7-9/h3-4,7-8,14H,5-6H2,1-2H3,(H,12,15). The second kappa shape index (κ2) is 6.07. The van der Waals surface area contributed by atoms with Gasteiger partial charge in [-0.05, 0) is 19.4 Å². The average Bonchev–Trinajstić information content (AvgIpc) is 2.28. The zero-order valence-electron chi connectivity index (χ0n) is 9.43. The second-order valence-electron chi connectivity index (χ2n) is 3.48. The van der Waals surface area contributed by atoms with Crippen molar-refractivity contribution in [2.45, 2.75) is 19.4 Å². The lowest BCUT2D eigenvalue weighted by Crippen LogP contribution is -2.26. The largest absolute Gasteiger partial charge is 0.481 e. The second-order valence-corrected chi connectivity index (χ2v) is 3.48. The van der Waals surface area contributed by atoms with Crippen LogP contribution < -0.4 is 10.1 Å². The molecule has 1 atom stereocenters. The maximum absolute atomic E-state index is 11.6. The van der Waals surface area contributed by atoms with E-state index in [0.717, 1.165) is 0 Å². The van der Waals surface area contributed by atoms with Crippen LogP contribution in [0.3, 0.4) is 0 Å². The number of aliphatic hydroxyl groups is 1. The van der Waals surface area contributed by atoms with Gasteiger partial charge in [0.15, 0.2) is 0 Å². The van der Waals surface area contributed by atoms with Gasteiger partial charge in [0.25, 0.3) is 5.91 Å². The van der Waals surface area contributed by atoms with E-state index in [1.807, 2.05) is 0 Å². The maximum Gasteiger partial charge on any atom is 0.252 e. The van der Waals surface area contributed by atoms with Gasteiger partial charge in [0.2, 0.25) is 5.88 Å². The van der Waals surface area contributed by atoms with Crippen LogP contribution in [0.25, 0.3) is 0 Å². The van der Waals surface area contributed by atoms with Crippen molar-refractivity contribution in [3.05, 3.63) is 23.9 Å². The lowest BCUT2D eigenvalue weighted by molar-refractivity contribution is 0.0945. The van der Waals surface area contributed by atoms with Gasteiger partial charge in [-0.3, -0.25) is 4.79 Å².